The molecular weight excluding hydrogens is 384 g/mol. The first-order valence-corrected chi connectivity index (χ1v) is 7.47. The maximum absolute atomic E-state index is 5.88. The maximum atomic E-state index is 5.88. The molecule has 22 heavy (non-hydrogen) atoms. The van der Waals surface area contributed by atoms with Crippen LogP contribution in [-0.2, 0) is 0 Å². The molecule has 2 heterocycles. The highest BCUT2D eigenvalue weighted by atomic mass is 79.9. The monoisotopic (exact) mass is 394 g/mol. The fourth-order valence-corrected chi connectivity index (χ4v) is 2.49. The average molecular weight is 396 g/mol. The molecule has 0 atom stereocenters. The minimum Gasteiger partial charge on any atom is -0.264 e. The van der Waals surface area contributed by atoms with Crippen LogP contribution in [0.3, 0.4) is 0 Å². The van der Waals surface area contributed by atoms with E-state index in [2.05, 4.69) is 20.5 Å². The van der Waals surface area contributed by atoms with Crippen molar-refractivity contribution in [1.82, 2.24) is 9.97 Å². The predicted molar refractivity (Wildman–Crippen MR) is 98.3 cm³/mol. The highest BCUT2D eigenvalue weighted by molar-refractivity contribution is 8.93. The molecule has 7 heteroatoms. The number of pyridine rings is 1. The van der Waals surface area contributed by atoms with E-state index >= 15 is 0 Å². The van der Waals surface area contributed by atoms with Gasteiger partial charge in [0.05, 0.1) is 11.9 Å². The molecular formula is C15H12BrClN4S. The minimum absolute atomic E-state index is 0. The third-order valence-electron chi connectivity index (χ3n) is 2.70. The van der Waals surface area contributed by atoms with Crippen molar-refractivity contribution in [3.8, 4) is 11.3 Å². The number of hydrogen-bond donors (Lipinski definition) is 1. The molecule has 0 aliphatic rings. The van der Waals surface area contributed by atoms with Gasteiger partial charge < -0.3 is 0 Å². The summed E-state index contributed by atoms with van der Waals surface area (Å²) in [6.45, 7) is 0. The van der Waals surface area contributed by atoms with Crippen LogP contribution in [0.2, 0.25) is 5.02 Å². The summed E-state index contributed by atoms with van der Waals surface area (Å²) in [4.78, 5) is 8.49. The van der Waals surface area contributed by atoms with Crippen molar-refractivity contribution < 1.29 is 0 Å². The van der Waals surface area contributed by atoms with Crippen LogP contribution in [0.4, 0.5) is 5.13 Å². The Hall–Kier alpha value is -1.76. The van der Waals surface area contributed by atoms with E-state index in [0.29, 0.717) is 5.02 Å². The number of hydrazone groups is 1. The highest BCUT2D eigenvalue weighted by Crippen LogP contribution is 2.25. The van der Waals surface area contributed by atoms with Crippen molar-refractivity contribution in [1.29, 1.82) is 0 Å². The van der Waals surface area contributed by atoms with E-state index in [9.17, 15) is 0 Å². The van der Waals surface area contributed by atoms with Crippen LogP contribution in [-0.4, -0.2) is 16.2 Å². The van der Waals surface area contributed by atoms with Gasteiger partial charge in [0, 0.05) is 33.9 Å². The summed E-state index contributed by atoms with van der Waals surface area (Å²) in [6.07, 6.45) is 5.17. The molecule has 0 unspecified atom stereocenters. The van der Waals surface area contributed by atoms with Gasteiger partial charge in [-0.05, 0) is 18.2 Å². The van der Waals surface area contributed by atoms with Crippen molar-refractivity contribution >= 4 is 51.3 Å². The molecule has 1 N–H and O–H groups in total. The fraction of sp³-hybridized carbons (Fsp3) is 0. The number of anilines is 1. The number of rotatable bonds is 4. The van der Waals surface area contributed by atoms with Crippen LogP contribution < -0.4 is 5.43 Å². The number of hydrogen-bond acceptors (Lipinski definition) is 5. The molecule has 0 aliphatic heterocycles. The fourth-order valence-electron chi connectivity index (χ4n) is 1.69. The number of halogens is 2. The first kappa shape index (κ1) is 16.6. The molecule has 0 saturated heterocycles. The lowest BCUT2D eigenvalue weighted by molar-refractivity contribution is 1.28. The van der Waals surface area contributed by atoms with Gasteiger partial charge in [0.15, 0.2) is 0 Å². The summed E-state index contributed by atoms with van der Waals surface area (Å²) >= 11 is 7.38. The number of nitrogens with one attached hydrogen (secondary N) is 1. The first-order chi connectivity index (χ1) is 10.3. The molecule has 3 aromatic rings. The first-order valence-electron chi connectivity index (χ1n) is 6.22. The number of thiazole rings is 1. The van der Waals surface area contributed by atoms with Gasteiger partial charge in [0.1, 0.15) is 0 Å². The molecule has 0 aliphatic carbocycles. The van der Waals surface area contributed by atoms with Gasteiger partial charge >= 0.3 is 0 Å². The van der Waals surface area contributed by atoms with Gasteiger partial charge in [-0.2, -0.15) is 5.10 Å². The molecule has 0 bridgehead atoms. The van der Waals surface area contributed by atoms with Crippen LogP contribution in [0.15, 0.2) is 59.3 Å². The Morgan fingerprint density at radius 2 is 2.00 bits per heavy atom. The predicted octanol–water partition coefficient (Wildman–Crippen LogP) is 4.88. The van der Waals surface area contributed by atoms with E-state index in [1.165, 1.54) is 11.3 Å². The highest BCUT2D eigenvalue weighted by Gasteiger charge is 2.03. The van der Waals surface area contributed by atoms with Crippen LogP contribution >= 0.6 is 39.9 Å². The molecule has 0 fully saturated rings. The van der Waals surface area contributed by atoms with Gasteiger partial charge in [0.2, 0.25) is 5.13 Å². The van der Waals surface area contributed by atoms with E-state index in [4.69, 9.17) is 11.6 Å². The van der Waals surface area contributed by atoms with Gasteiger partial charge in [-0.15, -0.1) is 28.3 Å². The molecule has 0 radical (unpaired) electrons. The Kier molecular flexibility index (Phi) is 6.06. The molecule has 0 saturated carbocycles. The summed E-state index contributed by atoms with van der Waals surface area (Å²) < 4.78 is 0. The molecule has 4 nitrogen and oxygen atoms in total. The van der Waals surface area contributed by atoms with Crippen molar-refractivity contribution in [2.45, 2.75) is 0 Å². The summed E-state index contributed by atoms with van der Waals surface area (Å²) in [7, 11) is 0. The Bertz CT molecular complexity index is 744. The summed E-state index contributed by atoms with van der Waals surface area (Å²) in [5, 5.41) is 7.57. The lowest BCUT2D eigenvalue weighted by atomic mass is 10.2. The second-order valence-corrected chi connectivity index (χ2v) is 5.50. The van der Waals surface area contributed by atoms with E-state index in [-0.39, 0.29) is 17.0 Å². The smallest absolute Gasteiger partial charge is 0.203 e. The van der Waals surface area contributed by atoms with Crippen molar-refractivity contribution in [2.24, 2.45) is 5.10 Å². The maximum Gasteiger partial charge on any atom is 0.203 e. The Morgan fingerprint density at radius 3 is 2.73 bits per heavy atom. The number of benzene rings is 1. The van der Waals surface area contributed by atoms with Crippen LogP contribution in [0.5, 0.6) is 0 Å². The van der Waals surface area contributed by atoms with E-state index < -0.39 is 0 Å². The quantitative estimate of drug-likeness (QED) is 0.506. The zero-order valence-corrected chi connectivity index (χ0v) is 14.6. The summed E-state index contributed by atoms with van der Waals surface area (Å²) in [5.74, 6) is 0. The largest absolute Gasteiger partial charge is 0.264 e. The zero-order chi connectivity index (χ0) is 14.5. The Morgan fingerprint density at radius 1 is 1.18 bits per heavy atom. The molecule has 1 aromatic carbocycles. The molecule has 0 spiro atoms. The van der Waals surface area contributed by atoms with E-state index in [0.717, 1.165) is 22.0 Å². The van der Waals surface area contributed by atoms with E-state index in [1.807, 2.05) is 41.8 Å². The topological polar surface area (TPSA) is 50.2 Å². The van der Waals surface area contributed by atoms with Crippen LogP contribution in [0.25, 0.3) is 11.3 Å². The number of aromatic nitrogens is 2. The van der Waals surface area contributed by atoms with Gasteiger partial charge in [0.25, 0.3) is 0 Å². The third-order valence-corrected chi connectivity index (χ3v) is 3.70. The Labute approximate surface area is 147 Å². The normalized spacial score (nSPS) is 10.4. The number of nitrogens with zero attached hydrogens (tertiary/aromatic N) is 3. The van der Waals surface area contributed by atoms with Crippen molar-refractivity contribution in [2.75, 3.05) is 5.43 Å². The van der Waals surface area contributed by atoms with Gasteiger partial charge in [-0.25, -0.2) is 4.98 Å². The van der Waals surface area contributed by atoms with Crippen molar-refractivity contribution in [3.63, 3.8) is 0 Å². The minimum atomic E-state index is 0. The lowest BCUT2D eigenvalue weighted by Gasteiger charge is -1.96. The molecule has 2 aromatic heterocycles. The summed E-state index contributed by atoms with van der Waals surface area (Å²) in [5.41, 5.74) is 5.77. The lowest BCUT2D eigenvalue weighted by Crippen LogP contribution is -1.90. The second-order valence-electron chi connectivity index (χ2n) is 4.20. The van der Waals surface area contributed by atoms with Crippen LogP contribution in [0.1, 0.15) is 5.56 Å². The average Bonchev–Trinajstić information content (AvgIpc) is 2.98. The molecule has 0 amide bonds. The zero-order valence-electron chi connectivity index (χ0n) is 11.3. The van der Waals surface area contributed by atoms with E-state index in [1.54, 1.807) is 18.6 Å². The standard InChI is InChI=1S/C15H11ClN4S.BrH/c16-13-5-3-12(4-6-13)14-10-21-15(19-14)20-18-9-11-2-1-7-17-8-11;/h1-10H,(H,19,20);1H/b18-9+;. The van der Waals surface area contributed by atoms with Gasteiger partial charge in [-0.1, -0.05) is 29.8 Å². The van der Waals surface area contributed by atoms with Crippen LogP contribution in [0, 0.1) is 0 Å². The molecule has 3 rings (SSSR count). The summed E-state index contributed by atoms with van der Waals surface area (Å²) in [6, 6.07) is 11.4. The molecule has 112 valence electrons. The van der Waals surface area contributed by atoms with Gasteiger partial charge in [-0.3, -0.25) is 10.4 Å². The third kappa shape index (κ3) is 4.37. The SMILES string of the molecule is Br.Clc1ccc(-c2csc(N/N=C/c3cccnc3)n2)cc1. The second kappa shape index (κ2) is 8.03. The van der Waals surface area contributed by atoms with Crippen molar-refractivity contribution in [3.05, 3.63) is 64.8 Å². The Balaban J connectivity index is 0.00000176.